The van der Waals surface area contributed by atoms with Crippen molar-refractivity contribution in [2.75, 3.05) is 19.8 Å². The number of hydrogen-bond acceptors (Lipinski definition) is 3. The number of likely N-dealkylation sites (N-methyl/N-ethyl adjacent to an activating group) is 1. The minimum absolute atomic E-state index is 0.134. The van der Waals surface area contributed by atoms with E-state index in [2.05, 4.69) is 49.7 Å². The number of amides is 1. The number of benzene rings is 1. The summed E-state index contributed by atoms with van der Waals surface area (Å²) in [5.74, 6) is 0.134. The average molecular weight is 280 g/mol. The highest BCUT2D eigenvalue weighted by Crippen LogP contribution is 2.15. The first-order chi connectivity index (χ1) is 9.06. The second kappa shape index (κ2) is 8.23. The van der Waals surface area contributed by atoms with E-state index < -0.39 is 0 Å². The maximum atomic E-state index is 12.0. The zero-order chi connectivity index (χ0) is 14.3. The molecule has 1 aromatic rings. The molecule has 0 saturated heterocycles. The smallest absolute Gasteiger partial charge is 0.236 e. The van der Waals surface area contributed by atoms with Gasteiger partial charge in [0.1, 0.15) is 0 Å². The first-order valence-corrected chi connectivity index (χ1v) is 7.89. The first-order valence-electron chi connectivity index (χ1n) is 6.67. The van der Waals surface area contributed by atoms with Crippen molar-refractivity contribution in [1.29, 1.82) is 0 Å². The first kappa shape index (κ1) is 16.1. The Morgan fingerprint density at radius 1 is 1.37 bits per heavy atom. The lowest BCUT2D eigenvalue weighted by Crippen LogP contribution is -2.38. The molecule has 1 rings (SSSR count). The van der Waals surface area contributed by atoms with Gasteiger partial charge in [-0.2, -0.15) is 0 Å². The van der Waals surface area contributed by atoms with Crippen LogP contribution in [0.15, 0.2) is 29.2 Å². The van der Waals surface area contributed by atoms with Gasteiger partial charge in [0.15, 0.2) is 0 Å². The number of thioether (sulfide) groups is 1. The summed E-state index contributed by atoms with van der Waals surface area (Å²) in [5, 5.41) is 3.22. The van der Waals surface area contributed by atoms with Crippen LogP contribution in [0.25, 0.3) is 0 Å². The number of nitrogens with one attached hydrogen (secondary N) is 1. The lowest BCUT2D eigenvalue weighted by atomic mass is 10.2. The van der Waals surface area contributed by atoms with E-state index in [1.54, 1.807) is 16.7 Å². The van der Waals surface area contributed by atoms with Crippen LogP contribution in [-0.2, 0) is 11.3 Å². The van der Waals surface area contributed by atoms with Crippen LogP contribution in [0.4, 0.5) is 0 Å². The summed E-state index contributed by atoms with van der Waals surface area (Å²) in [7, 11) is 1.85. The fourth-order valence-electron chi connectivity index (χ4n) is 1.63. The number of nitrogens with zero attached hydrogens (tertiary/aromatic N) is 1. The number of carbonyl (C=O) groups excluding carboxylic acids is 1. The summed E-state index contributed by atoms with van der Waals surface area (Å²) in [6, 6.07) is 8.74. The Bertz CT molecular complexity index is 392. The highest BCUT2D eigenvalue weighted by Gasteiger charge is 2.10. The highest BCUT2D eigenvalue weighted by molar-refractivity contribution is 7.98. The van der Waals surface area contributed by atoms with Gasteiger partial charge in [-0.05, 0) is 37.3 Å². The van der Waals surface area contributed by atoms with Crippen LogP contribution >= 0.6 is 11.8 Å². The summed E-state index contributed by atoms with van der Waals surface area (Å²) < 4.78 is 0. The van der Waals surface area contributed by atoms with Crippen molar-refractivity contribution in [3.63, 3.8) is 0 Å². The van der Waals surface area contributed by atoms with E-state index in [1.165, 1.54) is 4.90 Å². The van der Waals surface area contributed by atoms with E-state index in [4.69, 9.17) is 0 Å². The van der Waals surface area contributed by atoms with Gasteiger partial charge < -0.3 is 10.2 Å². The lowest BCUT2D eigenvalue weighted by Gasteiger charge is -2.19. The fourth-order valence-corrected chi connectivity index (χ4v) is 2.04. The Balaban J connectivity index is 2.44. The van der Waals surface area contributed by atoms with E-state index in [9.17, 15) is 4.79 Å². The van der Waals surface area contributed by atoms with Crippen LogP contribution in [0.5, 0.6) is 0 Å². The molecule has 1 amide bonds. The molecule has 0 spiro atoms. The van der Waals surface area contributed by atoms with Crippen LogP contribution in [0.2, 0.25) is 0 Å². The normalized spacial score (nSPS) is 12.2. The van der Waals surface area contributed by atoms with Crippen molar-refractivity contribution >= 4 is 17.7 Å². The van der Waals surface area contributed by atoms with Gasteiger partial charge in [-0.25, -0.2) is 0 Å². The molecule has 0 bridgehead atoms. The zero-order valence-electron chi connectivity index (χ0n) is 12.3. The molecule has 0 radical (unpaired) electrons. The molecule has 1 atom stereocenters. The van der Waals surface area contributed by atoms with Crippen LogP contribution in [0, 0.1) is 0 Å². The molecule has 3 nitrogen and oxygen atoms in total. The molecule has 0 aliphatic rings. The van der Waals surface area contributed by atoms with Crippen molar-refractivity contribution in [3.8, 4) is 0 Å². The highest BCUT2D eigenvalue weighted by atomic mass is 32.2. The van der Waals surface area contributed by atoms with Crippen LogP contribution in [0.1, 0.15) is 25.8 Å². The Hall–Kier alpha value is -1.00. The van der Waals surface area contributed by atoms with E-state index >= 15 is 0 Å². The number of carbonyl (C=O) groups is 1. The van der Waals surface area contributed by atoms with Gasteiger partial charge in [0, 0.05) is 24.5 Å². The molecule has 1 N–H and O–H groups in total. The van der Waals surface area contributed by atoms with Gasteiger partial charge in [-0.1, -0.05) is 19.1 Å². The Labute approximate surface area is 120 Å². The van der Waals surface area contributed by atoms with E-state index in [1.807, 2.05) is 7.05 Å². The lowest BCUT2D eigenvalue weighted by molar-refractivity contribution is -0.129. The molecule has 0 aliphatic carbocycles. The molecule has 19 heavy (non-hydrogen) atoms. The molecule has 0 fully saturated rings. The predicted molar refractivity (Wildman–Crippen MR) is 82.5 cm³/mol. The van der Waals surface area contributed by atoms with Crippen molar-refractivity contribution in [2.24, 2.45) is 0 Å². The number of hydrogen-bond donors (Lipinski definition) is 1. The van der Waals surface area contributed by atoms with Gasteiger partial charge >= 0.3 is 0 Å². The van der Waals surface area contributed by atoms with Crippen LogP contribution < -0.4 is 5.32 Å². The summed E-state index contributed by atoms with van der Waals surface area (Å²) in [5.41, 5.74) is 1.16. The molecular weight excluding hydrogens is 256 g/mol. The van der Waals surface area contributed by atoms with Gasteiger partial charge in [0.05, 0.1) is 6.54 Å². The van der Waals surface area contributed by atoms with Crippen molar-refractivity contribution in [1.82, 2.24) is 10.2 Å². The average Bonchev–Trinajstić information content (AvgIpc) is 2.44. The SMILES string of the molecule is CCC(C)NCC(=O)N(C)Cc1ccc(SC)cc1. The molecule has 106 valence electrons. The van der Waals surface area contributed by atoms with Crippen molar-refractivity contribution < 1.29 is 4.79 Å². The second-order valence-electron chi connectivity index (χ2n) is 4.79. The maximum absolute atomic E-state index is 12.0. The molecule has 1 unspecified atom stereocenters. The Morgan fingerprint density at radius 3 is 2.53 bits per heavy atom. The molecule has 0 heterocycles. The Morgan fingerprint density at radius 2 is 2.00 bits per heavy atom. The van der Waals surface area contributed by atoms with Gasteiger partial charge in [-0.3, -0.25) is 4.79 Å². The maximum Gasteiger partial charge on any atom is 0.236 e. The third-order valence-electron chi connectivity index (χ3n) is 3.22. The predicted octanol–water partition coefficient (Wildman–Crippen LogP) is 2.76. The third kappa shape index (κ3) is 5.66. The fraction of sp³-hybridized carbons (Fsp3) is 0.533. The number of rotatable bonds is 7. The van der Waals surface area contributed by atoms with Gasteiger partial charge in [0.2, 0.25) is 5.91 Å². The van der Waals surface area contributed by atoms with Gasteiger partial charge in [0.25, 0.3) is 0 Å². The summed E-state index contributed by atoms with van der Waals surface area (Å²) in [6.45, 7) is 5.28. The van der Waals surface area contributed by atoms with Crippen molar-refractivity contribution in [2.45, 2.75) is 37.8 Å². The van der Waals surface area contributed by atoms with E-state index in [-0.39, 0.29) is 5.91 Å². The quantitative estimate of drug-likeness (QED) is 0.780. The monoisotopic (exact) mass is 280 g/mol. The molecule has 0 aromatic heterocycles. The second-order valence-corrected chi connectivity index (χ2v) is 5.67. The standard InChI is InChI=1S/C15H24N2OS/c1-5-12(2)16-10-15(18)17(3)11-13-6-8-14(19-4)9-7-13/h6-9,12,16H,5,10-11H2,1-4H3. The summed E-state index contributed by atoms with van der Waals surface area (Å²) in [6.07, 6.45) is 3.10. The minimum atomic E-state index is 0.134. The van der Waals surface area contributed by atoms with Crippen molar-refractivity contribution in [3.05, 3.63) is 29.8 Å². The zero-order valence-corrected chi connectivity index (χ0v) is 13.1. The molecule has 1 aromatic carbocycles. The molecule has 0 aliphatic heterocycles. The molecule has 4 heteroatoms. The minimum Gasteiger partial charge on any atom is -0.340 e. The van der Waals surface area contributed by atoms with E-state index in [0.717, 1.165) is 12.0 Å². The topological polar surface area (TPSA) is 32.3 Å². The van der Waals surface area contributed by atoms with Gasteiger partial charge in [-0.15, -0.1) is 11.8 Å². The van der Waals surface area contributed by atoms with Crippen LogP contribution in [-0.4, -0.2) is 36.7 Å². The Kier molecular flexibility index (Phi) is 6.95. The summed E-state index contributed by atoms with van der Waals surface area (Å²) >= 11 is 1.73. The third-order valence-corrected chi connectivity index (χ3v) is 3.96. The largest absolute Gasteiger partial charge is 0.340 e. The van der Waals surface area contributed by atoms with E-state index in [0.29, 0.717) is 19.1 Å². The van der Waals surface area contributed by atoms with Crippen LogP contribution in [0.3, 0.4) is 0 Å². The molecule has 0 saturated carbocycles. The molecular formula is C15H24N2OS. The summed E-state index contributed by atoms with van der Waals surface area (Å²) in [4.78, 5) is 15.0.